The number of nitrogen functional groups attached to an aromatic ring is 1. The van der Waals surface area contributed by atoms with Crippen LogP contribution in [-0.2, 0) is 6.61 Å². The van der Waals surface area contributed by atoms with E-state index in [2.05, 4.69) is 15.2 Å². The van der Waals surface area contributed by atoms with Gasteiger partial charge in [-0.2, -0.15) is 0 Å². The van der Waals surface area contributed by atoms with Crippen molar-refractivity contribution in [2.45, 2.75) is 13.5 Å². The second kappa shape index (κ2) is 5.05. The Kier molecular flexibility index (Phi) is 3.47. The van der Waals surface area contributed by atoms with E-state index in [1.165, 1.54) is 13.1 Å². The molecule has 2 N–H and O–H groups in total. The summed E-state index contributed by atoms with van der Waals surface area (Å²) in [5.74, 6) is -0.842. The minimum absolute atomic E-state index is 0.0915. The van der Waals surface area contributed by atoms with Gasteiger partial charge in [0, 0.05) is 11.8 Å². The first-order valence-corrected chi connectivity index (χ1v) is 5.75. The van der Waals surface area contributed by atoms with Crippen LogP contribution >= 0.6 is 11.3 Å². The second-order valence-corrected chi connectivity index (χ2v) is 4.38. The van der Waals surface area contributed by atoms with Gasteiger partial charge < -0.3 is 10.5 Å². The molecule has 2 aromatic heterocycles. The number of ether oxygens (including phenoxy) is 1. The van der Waals surface area contributed by atoms with E-state index in [1.54, 1.807) is 0 Å². The van der Waals surface area contributed by atoms with E-state index < -0.39 is 5.82 Å². The average molecular weight is 268 g/mol. The first-order chi connectivity index (χ1) is 8.56. The van der Waals surface area contributed by atoms with E-state index in [1.807, 2.05) is 0 Å². The van der Waals surface area contributed by atoms with Crippen LogP contribution in [0, 0.1) is 5.82 Å². The molecule has 8 heteroatoms. The van der Waals surface area contributed by atoms with Gasteiger partial charge in [-0.1, -0.05) is 5.10 Å². The molecular formula is C10H9FN4O2S. The molecule has 18 heavy (non-hydrogen) atoms. The number of hydrogen-bond acceptors (Lipinski definition) is 7. The van der Waals surface area contributed by atoms with E-state index in [0.717, 1.165) is 17.4 Å². The number of carbonyl (C=O) groups excluding carboxylic acids is 1. The SMILES string of the molecule is CC(=O)c1cnc(COc2nnc(N)s2)c(F)c1. The van der Waals surface area contributed by atoms with E-state index in [4.69, 9.17) is 10.5 Å². The van der Waals surface area contributed by atoms with Crippen LogP contribution in [0.4, 0.5) is 9.52 Å². The monoisotopic (exact) mass is 268 g/mol. The fourth-order valence-electron chi connectivity index (χ4n) is 1.17. The molecule has 0 unspecified atom stereocenters. The van der Waals surface area contributed by atoms with Gasteiger partial charge in [0.15, 0.2) is 5.78 Å². The fraction of sp³-hybridized carbons (Fsp3) is 0.200. The number of hydrogen-bond donors (Lipinski definition) is 1. The maximum Gasteiger partial charge on any atom is 0.296 e. The number of nitrogens with two attached hydrogens (primary N) is 1. The lowest BCUT2D eigenvalue weighted by molar-refractivity contribution is 0.101. The third-order valence-corrected chi connectivity index (χ3v) is 2.74. The van der Waals surface area contributed by atoms with Gasteiger partial charge in [-0.25, -0.2) is 4.39 Å². The summed E-state index contributed by atoms with van der Waals surface area (Å²) in [6, 6.07) is 1.13. The van der Waals surface area contributed by atoms with Gasteiger partial charge in [-0.3, -0.25) is 9.78 Å². The molecule has 0 saturated heterocycles. The van der Waals surface area contributed by atoms with Crippen LogP contribution in [0.3, 0.4) is 0 Å². The average Bonchev–Trinajstić information content (AvgIpc) is 2.73. The van der Waals surface area contributed by atoms with E-state index in [9.17, 15) is 9.18 Å². The van der Waals surface area contributed by atoms with Gasteiger partial charge in [-0.15, -0.1) is 5.10 Å². The minimum Gasteiger partial charge on any atom is -0.462 e. The summed E-state index contributed by atoms with van der Waals surface area (Å²) in [7, 11) is 0. The molecule has 6 nitrogen and oxygen atoms in total. The van der Waals surface area contributed by atoms with E-state index in [-0.39, 0.29) is 34.0 Å². The zero-order chi connectivity index (χ0) is 13.1. The molecule has 0 saturated carbocycles. The first-order valence-electron chi connectivity index (χ1n) is 4.93. The third kappa shape index (κ3) is 2.77. The van der Waals surface area contributed by atoms with E-state index in [0.29, 0.717) is 0 Å². The number of anilines is 1. The van der Waals surface area contributed by atoms with Crippen LogP contribution < -0.4 is 10.5 Å². The van der Waals surface area contributed by atoms with Crippen molar-refractivity contribution in [3.05, 3.63) is 29.3 Å². The number of carbonyl (C=O) groups is 1. The van der Waals surface area contributed by atoms with Crippen molar-refractivity contribution >= 4 is 22.3 Å². The Bertz CT molecular complexity index is 587. The summed E-state index contributed by atoms with van der Waals surface area (Å²) in [4.78, 5) is 14.8. The molecule has 2 aromatic rings. The van der Waals surface area contributed by atoms with Crippen LogP contribution in [0.2, 0.25) is 0 Å². The van der Waals surface area contributed by atoms with Gasteiger partial charge in [0.2, 0.25) is 5.13 Å². The quantitative estimate of drug-likeness (QED) is 0.843. The van der Waals surface area contributed by atoms with Gasteiger partial charge in [-0.05, 0) is 24.3 Å². The Balaban J connectivity index is 2.08. The molecule has 0 fully saturated rings. The molecule has 0 aliphatic heterocycles. The molecular weight excluding hydrogens is 259 g/mol. The van der Waals surface area contributed by atoms with Crippen LogP contribution in [-0.4, -0.2) is 21.0 Å². The normalized spacial score (nSPS) is 10.3. The molecule has 2 heterocycles. The Morgan fingerprint density at radius 3 is 2.89 bits per heavy atom. The second-order valence-electron chi connectivity index (χ2n) is 3.40. The number of aromatic nitrogens is 3. The van der Waals surface area contributed by atoms with Crippen LogP contribution in [0.25, 0.3) is 0 Å². The van der Waals surface area contributed by atoms with Crippen molar-refractivity contribution in [2.24, 2.45) is 0 Å². The first kappa shape index (κ1) is 12.4. The predicted octanol–water partition coefficient (Wildman–Crippen LogP) is 1.44. The van der Waals surface area contributed by atoms with Crippen molar-refractivity contribution in [3.8, 4) is 5.19 Å². The minimum atomic E-state index is -0.597. The number of halogens is 1. The molecule has 0 aliphatic carbocycles. The highest BCUT2D eigenvalue weighted by Gasteiger charge is 2.10. The summed E-state index contributed by atoms with van der Waals surface area (Å²) in [5, 5.41) is 7.68. The van der Waals surface area contributed by atoms with Crippen molar-refractivity contribution < 1.29 is 13.9 Å². The summed E-state index contributed by atoms with van der Waals surface area (Å²) in [5.41, 5.74) is 5.68. The molecule has 94 valence electrons. The lowest BCUT2D eigenvalue weighted by Crippen LogP contribution is -2.04. The lowest BCUT2D eigenvalue weighted by atomic mass is 10.2. The number of rotatable bonds is 4. The molecule has 0 atom stereocenters. The lowest BCUT2D eigenvalue weighted by Gasteiger charge is -2.03. The van der Waals surface area contributed by atoms with Gasteiger partial charge in [0.25, 0.3) is 5.19 Å². The van der Waals surface area contributed by atoms with Crippen LogP contribution in [0.1, 0.15) is 23.0 Å². The summed E-state index contributed by atoms with van der Waals surface area (Å²) in [6.45, 7) is 1.25. The summed E-state index contributed by atoms with van der Waals surface area (Å²) < 4.78 is 18.7. The Hall–Kier alpha value is -2.09. The van der Waals surface area contributed by atoms with Crippen molar-refractivity contribution in [1.29, 1.82) is 0 Å². The Labute approximate surface area is 106 Å². The maximum absolute atomic E-state index is 13.6. The predicted molar refractivity (Wildman–Crippen MR) is 62.9 cm³/mol. The molecule has 0 aromatic carbocycles. The molecule has 0 spiro atoms. The zero-order valence-corrected chi connectivity index (χ0v) is 10.2. The topological polar surface area (TPSA) is 91.0 Å². The molecule has 2 rings (SSSR count). The smallest absolute Gasteiger partial charge is 0.296 e. The van der Waals surface area contributed by atoms with E-state index >= 15 is 0 Å². The molecule has 0 bridgehead atoms. The largest absolute Gasteiger partial charge is 0.462 e. The number of Topliss-reactive ketones (excluding diaryl/α,β-unsaturated/α-hetero) is 1. The highest BCUT2D eigenvalue weighted by molar-refractivity contribution is 7.16. The third-order valence-electron chi connectivity index (χ3n) is 2.08. The van der Waals surface area contributed by atoms with Crippen LogP contribution in [0.5, 0.6) is 5.19 Å². The van der Waals surface area contributed by atoms with Crippen molar-refractivity contribution in [1.82, 2.24) is 15.2 Å². The van der Waals surface area contributed by atoms with Gasteiger partial charge in [0.05, 0.1) is 0 Å². The summed E-state index contributed by atoms with van der Waals surface area (Å²) in [6.07, 6.45) is 1.30. The van der Waals surface area contributed by atoms with Crippen molar-refractivity contribution in [2.75, 3.05) is 5.73 Å². The standard InChI is InChI=1S/C10H9FN4O2S/c1-5(16)6-2-7(11)8(13-3-6)4-17-10-15-14-9(12)18-10/h2-3H,4H2,1H3,(H2,12,14). The Morgan fingerprint density at radius 1 is 1.56 bits per heavy atom. The Morgan fingerprint density at radius 2 is 2.33 bits per heavy atom. The van der Waals surface area contributed by atoms with Crippen molar-refractivity contribution in [3.63, 3.8) is 0 Å². The number of pyridine rings is 1. The van der Waals surface area contributed by atoms with Gasteiger partial charge >= 0.3 is 0 Å². The number of nitrogens with zero attached hydrogens (tertiary/aromatic N) is 3. The molecule has 0 aliphatic rings. The highest BCUT2D eigenvalue weighted by atomic mass is 32.1. The molecule has 0 amide bonds. The fourth-order valence-corrected chi connectivity index (χ4v) is 1.63. The molecule has 0 radical (unpaired) electrons. The number of ketones is 1. The summed E-state index contributed by atoms with van der Waals surface area (Å²) >= 11 is 1.05. The zero-order valence-electron chi connectivity index (χ0n) is 9.38. The maximum atomic E-state index is 13.6. The van der Waals surface area contributed by atoms with Crippen LogP contribution in [0.15, 0.2) is 12.3 Å². The highest BCUT2D eigenvalue weighted by Crippen LogP contribution is 2.20. The van der Waals surface area contributed by atoms with Gasteiger partial charge in [0.1, 0.15) is 18.1 Å².